The van der Waals surface area contributed by atoms with E-state index in [-0.39, 0.29) is 34.8 Å². The monoisotopic (exact) mass is 518 g/mol. The number of alkyl halides is 3. The minimum Gasteiger partial charge on any atom is -0.490 e. The molecule has 1 aliphatic heterocycles. The smallest absolute Gasteiger partial charge is 0.422 e. The molecular formula is C24H25F3N6O2S. The summed E-state index contributed by atoms with van der Waals surface area (Å²) < 4.78 is 49.1. The predicted molar refractivity (Wildman–Crippen MR) is 130 cm³/mol. The molecule has 1 atom stereocenters. The number of carbonyl (C=O) groups is 1. The molecule has 1 amide bonds. The quantitative estimate of drug-likeness (QED) is 0.471. The van der Waals surface area contributed by atoms with E-state index in [0.717, 1.165) is 19.3 Å². The molecule has 2 aromatic heterocycles. The Morgan fingerprint density at radius 3 is 2.75 bits per heavy atom. The minimum absolute atomic E-state index is 0.0615. The van der Waals surface area contributed by atoms with E-state index in [9.17, 15) is 18.0 Å². The first-order chi connectivity index (χ1) is 17.3. The Morgan fingerprint density at radius 1 is 1.22 bits per heavy atom. The van der Waals surface area contributed by atoms with E-state index in [2.05, 4.69) is 20.5 Å². The van der Waals surface area contributed by atoms with E-state index >= 15 is 0 Å². The summed E-state index contributed by atoms with van der Waals surface area (Å²) >= 11 is 1.24. The van der Waals surface area contributed by atoms with Gasteiger partial charge in [-0.3, -0.25) is 4.79 Å². The molecule has 0 bridgehead atoms. The Balaban J connectivity index is 1.51. The van der Waals surface area contributed by atoms with Crippen LogP contribution in [0.2, 0.25) is 0 Å². The summed E-state index contributed by atoms with van der Waals surface area (Å²) in [6, 6.07) is 4.48. The number of nitrogens with zero attached hydrogens (tertiary/aromatic N) is 4. The Kier molecular flexibility index (Phi) is 6.80. The fraction of sp³-hybridized carbons (Fsp3) is 0.417. The van der Waals surface area contributed by atoms with Gasteiger partial charge in [-0.25, -0.2) is 4.98 Å². The molecule has 36 heavy (non-hydrogen) atoms. The second-order valence-corrected chi connectivity index (χ2v) is 9.82. The molecule has 2 aliphatic rings. The largest absolute Gasteiger partial charge is 0.490 e. The standard InChI is InChI=1S/C24H25F3N6O2S/c25-24(26,27)20-19(35-16-3-4-16)6-5-17(21(20)33-9-1-2-14(10-28)12-33)31-22(34)18-13-36-23(32-18)15-7-8-29-30-11-15/h5-8,11,13-14,16H,1-4,9-10,12,28H2,(H,31,34)/t14-/m0/s1. The lowest BCUT2D eigenvalue weighted by molar-refractivity contribution is -0.138. The predicted octanol–water partition coefficient (Wildman–Crippen LogP) is 4.59. The van der Waals surface area contributed by atoms with Gasteiger partial charge in [-0.1, -0.05) is 0 Å². The number of piperidine rings is 1. The highest BCUT2D eigenvalue weighted by atomic mass is 32.1. The van der Waals surface area contributed by atoms with Crippen molar-refractivity contribution in [1.29, 1.82) is 0 Å². The van der Waals surface area contributed by atoms with Gasteiger partial charge in [-0.05, 0) is 56.3 Å². The number of amides is 1. The van der Waals surface area contributed by atoms with Gasteiger partial charge in [0.2, 0.25) is 0 Å². The number of thiazole rings is 1. The summed E-state index contributed by atoms with van der Waals surface area (Å²) in [4.78, 5) is 19.1. The van der Waals surface area contributed by atoms with Crippen LogP contribution in [0.3, 0.4) is 0 Å². The van der Waals surface area contributed by atoms with Gasteiger partial charge in [-0.2, -0.15) is 23.4 Å². The minimum atomic E-state index is -4.68. The second-order valence-electron chi connectivity index (χ2n) is 8.96. The number of nitrogens with one attached hydrogen (secondary N) is 1. The molecule has 0 unspecified atom stereocenters. The molecule has 1 aliphatic carbocycles. The van der Waals surface area contributed by atoms with Crippen molar-refractivity contribution in [2.75, 3.05) is 29.9 Å². The van der Waals surface area contributed by atoms with Crippen LogP contribution in [0.15, 0.2) is 36.0 Å². The van der Waals surface area contributed by atoms with Crippen LogP contribution < -0.4 is 20.7 Å². The molecule has 3 heterocycles. The topological polar surface area (TPSA) is 106 Å². The molecule has 1 saturated heterocycles. The zero-order valence-electron chi connectivity index (χ0n) is 19.3. The molecule has 190 valence electrons. The van der Waals surface area contributed by atoms with Gasteiger partial charge < -0.3 is 20.7 Å². The van der Waals surface area contributed by atoms with Crippen molar-refractivity contribution in [2.45, 2.75) is 38.0 Å². The maximum absolute atomic E-state index is 14.5. The Bertz CT molecular complexity index is 1230. The lowest BCUT2D eigenvalue weighted by Gasteiger charge is -2.37. The Labute approximate surface area is 209 Å². The molecule has 12 heteroatoms. The molecule has 1 aromatic carbocycles. The highest BCUT2D eigenvalue weighted by Crippen LogP contribution is 2.48. The highest BCUT2D eigenvalue weighted by molar-refractivity contribution is 7.13. The maximum atomic E-state index is 14.5. The van der Waals surface area contributed by atoms with Crippen LogP contribution in [-0.4, -0.2) is 46.8 Å². The number of halogens is 3. The van der Waals surface area contributed by atoms with Gasteiger partial charge in [0.15, 0.2) is 0 Å². The molecule has 3 N–H and O–H groups in total. The Morgan fingerprint density at radius 2 is 2.06 bits per heavy atom. The van der Waals surface area contributed by atoms with Crippen LogP contribution in [-0.2, 0) is 6.18 Å². The third-order valence-electron chi connectivity index (χ3n) is 6.23. The van der Waals surface area contributed by atoms with Crippen LogP contribution in [0, 0.1) is 5.92 Å². The van der Waals surface area contributed by atoms with Crippen LogP contribution >= 0.6 is 11.3 Å². The van der Waals surface area contributed by atoms with E-state index in [4.69, 9.17) is 10.5 Å². The van der Waals surface area contributed by atoms with Crippen molar-refractivity contribution in [3.05, 3.63) is 47.2 Å². The van der Waals surface area contributed by atoms with Crippen molar-refractivity contribution in [3.63, 3.8) is 0 Å². The van der Waals surface area contributed by atoms with E-state index in [1.807, 2.05) is 0 Å². The summed E-state index contributed by atoms with van der Waals surface area (Å²) in [6.45, 7) is 1.17. The lowest BCUT2D eigenvalue weighted by atomic mass is 9.96. The Hall–Kier alpha value is -3.25. The zero-order chi connectivity index (χ0) is 25.3. The molecule has 2 fully saturated rings. The maximum Gasteiger partial charge on any atom is 0.422 e. The van der Waals surface area contributed by atoms with E-state index < -0.39 is 17.6 Å². The molecule has 5 rings (SSSR count). The van der Waals surface area contributed by atoms with Gasteiger partial charge >= 0.3 is 6.18 Å². The van der Waals surface area contributed by atoms with Gasteiger partial charge in [0.05, 0.1) is 29.9 Å². The van der Waals surface area contributed by atoms with E-state index in [1.165, 1.54) is 35.9 Å². The van der Waals surface area contributed by atoms with E-state index in [0.29, 0.717) is 36.6 Å². The third-order valence-corrected chi connectivity index (χ3v) is 7.12. The summed E-state index contributed by atoms with van der Waals surface area (Å²) in [5.41, 5.74) is 5.76. The fourth-order valence-electron chi connectivity index (χ4n) is 4.31. The second kappa shape index (κ2) is 10.0. The first kappa shape index (κ1) is 24.4. The van der Waals surface area contributed by atoms with Gasteiger partial charge in [0, 0.05) is 24.0 Å². The van der Waals surface area contributed by atoms with Gasteiger partial charge in [0.1, 0.15) is 22.0 Å². The number of nitrogens with two attached hydrogens (primary N) is 1. The fourth-order valence-corrected chi connectivity index (χ4v) is 5.11. The zero-order valence-corrected chi connectivity index (χ0v) is 20.1. The molecule has 8 nitrogen and oxygen atoms in total. The van der Waals surface area contributed by atoms with Crippen molar-refractivity contribution in [1.82, 2.24) is 15.2 Å². The summed E-state index contributed by atoms with van der Waals surface area (Å²) in [5, 5.41) is 12.3. The number of aromatic nitrogens is 3. The summed E-state index contributed by atoms with van der Waals surface area (Å²) in [7, 11) is 0. The van der Waals surface area contributed by atoms with Crippen LogP contribution in [0.1, 0.15) is 41.7 Å². The number of benzene rings is 1. The normalized spacial score (nSPS) is 18.2. The van der Waals surface area contributed by atoms with Gasteiger partial charge in [0.25, 0.3) is 5.91 Å². The van der Waals surface area contributed by atoms with Crippen LogP contribution in [0.5, 0.6) is 5.75 Å². The summed E-state index contributed by atoms with van der Waals surface area (Å²) in [5.74, 6) is -0.752. The molecular weight excluding hydrogens is 493 g/mol. The van der Waals surface area contributed by atoms with Crippen LogP contribution in [0.25, 0.3) is 10.6 Å². The number of hydrogen-bond donors (Lipinski definition) is 2. The third kappa shape index (κ3) is 5.29. The molecule has 1 saturated carbocycles. The first-order valence-corrected chi connectivity index (χ1v) is 12.6. The molecule has 0 spiro atoms. The van der Waals surface area contributed by atoms with Crippen LogP contribution in [0.4, 0.5) is 24.5 Å². The van der Waals surface area contributed by atoms with Gasteiger partial charge in [-0.15, -0.1) is 11.3 Å². The first-order valence-electron chi connectivity index (χ1n) is 11.7. The van der Waals surface area contributed by atoms with E-state index in [1.54, 1.807) is 16.3 Å². The number of hydrogen-bond acceptors (Lipinski definition) is 8. The van der Waals surface area contributed by atoms with Crippen molar-refractivity contribution < 1.29 is 22.7 Å². The molecule has 3 aromatic rings. The number of rotatable bonds is 7. The number of ether oxygens (including phenoxy) is 1. The average molecular weight is 519 g/mol. The van der Waals surface area contributed by atoms with Crippen molar-refractivity contribution in [2.24, 2.45) is 11.7 Å². The molecule has 0 radical (unpaired) electrons. The van der Waals surface area contributed by atoms with Crippen molar-refractivity contribution >= 4 is 28.6 Å². The van der Waals surface area contributed by atoms with Crippen molar-refractivity contribution in [3.8, 4) is 16.3 Å². The number of anilines is 2. The summed E-state index contributed by atoms with van der Waals surface area (Å²) in [6.07, 6.45) is 1.14. The average Bonchev–Trinajstić information content (AvgIpc) is 3.55. The number of carbonyl (C=O) groups excluding carboxylic acids is 1. The highest BCUT2D eigenvalue weighted by Gasteiger charge is 2.42. The lowest BCUT2D eigenvalue weighted by Crippen LogP contribution is -2.40. The SMILES string of the molecule is NC[C@@H]1CCCN(c2c(NC(=O)c3csc(-c4ccnnc4)n3)ccc(OC3CC3)c2C(F)(F)F)C1.